The van der Waals surface area contributed by atoms with Gasteiger partial charge in [0.1, 0.15) is 23.4 Å². The molecule has 2 atom stereocenters. The lowest BCUT2D eigenvalue weighted by Gasteiger charge is -2.26. The number of nitrogens with one attached hydrogen (secondary N) is 2. The van der Waals surface area contributed by atoms with E-state index in [2.05, 4.69) is 15.6 Å². The molecule has 2 unspecified atom stereocenters. The van der Waals surface area contributed by atoms with Crippen molar-refractivity contribution >= 4 is 33.0 Å². The molecule has 4 aromatic rings. The van der Waals surface area contributed by atoms with E-state index in [9.17, 15) is 23.3 Å². The number of sulfone groups is 1. The van der Waals surface area contributed by atoms with E-state index in [4.69, 9.17) is 9.47 Å². The number of ether oxygens (including phenoxy) is 2. The first kappa shape index (κ1) is 28.0. The molecule has 220 valence electrons. The van der Waals surface area contributed by atoms with Gasteiger partial charge in [-0.3, -0.25) is 15.1 Å². The van der Waals surface area contributed by atoms with Crippen molar-refractivity contribution in [1.29, 1.82) is 0 Å². The minimum atomic E-state index is -3.37. The van der Waals surface area contributed by atoms with E-state index < -0.39 is 26.9 Å². The Morgan fingerprint density at radius 3 is 2.35 bits per heavy atom. The van der Waals surface area contributed by atoms with Gasteiger partial charge in [-0.15, -0.1) is 0 Å². The first-order valence-electron chi connectivity index (χ1n) is 13.5. The van der Waals surface area contributed by atoms with Crippen LogP contribution in [-0.2, 0) is 9.84 Å². The van der Waals surface area contributed by atoms with E-state index in [0.29, 0.717) is 24.5 Å². The minimum absolute atomic E-state index is 0.103. The fourth-order valence-electron chi connectivity index (χ4n) is 5.21. The number of hydrogen-bond acceptors (Lipinski definition) is 10. The molecule has 43 heavy (non-hydrogen) atoms. The number of fused-ring (bicyclic) bond motifs is 1. The molecule has 3 heterocycles. The first-order valence-corrected chi connectivity index (χ1v) is 15.4. The normalized spacial score (nSPS) is 17.5. The number of rotatable bonds is 7. The maximum absolute atomic E-state index is 13.3. The molecule has 1 saturated heterocycles. The van der Waals surface area contributed by atoms with Crippen LogP contribution >= 0.6 is 0 Å². The Balaban J connectivity index is 1.31. The van der Waals surface area contributed by atoms with Crippen LogP contribution < -0.4 is 20.1 Å². The van der Waals surface area contributed by atoms with Crippen molar-refractivity contribution in [3.8, 4) is 17.2 Å². The van der Waals surface area contributed by atoms with E-state index in [1.165, 1.54) is 36.4 Å². The summed E-state index contributed by atoms with van der Waals surface area (Å²) in [5.41, 5.74) is 3.02. The van der Waals surface area contributed by atoms with Crippen molar-refractivity contribution in [2.75, 3.05) is 23.4 Å². The summed E-state index contributed by atoms with van der Waals surface area (Å²) in [4.78, 5) is 30.0. The zero-order chi connectivity index (χ0) is 30.1. The van der Waals surface area contributed by atoms with Crippen LogP contribution in [-0.4, -0.2) is 42.1 Å². The number of hydrogen-bond donors (Lipinski definition) is 2. The molecule has 0 aliphatic carbocycles. The molecule has 1 aromatic heterocycles. The van der Waals surface area contributed by atoms with Gasteiger partial charge in [-0.2, -0.15) is 0 Å². The number of anilines is 2. The number of amides is 1. The van der Waals surface area contributed by atoms with Crippen LogP contribution in [0.5, 0.6) is 17.2 Å². The third-order valence-electron chi connectivity index (χ3n) is 7.31. The van der Waals surface area contributed by atoms with E-state index >= 15 is 0 Å². The number of nitro groups is 1. The number of aromatic nitrogens is 1. The highest BCUT2D eigenvalue weighted by Crippen LogP contribution is 2.46. The van der Waals surface area contributed by atoms with Crippen LogP contribution in [0, 0.1) is 10.1 Å². The van der Waals surface area contributed by atoms with Crippen molar-refractivity contribution in [3.05, 3.63) is 106 Å². The second-order valence-electron chi connectivity index (χ2n) is 10.2. The van der Waals surface area contributed by atoms with Crippen molar-refractivity contribution in [2.45, 2.75) is 29.9 Å². The van der Waals surface area contributed by atoms with Gasteiger partial charge in [0, 0.05) is 42.8 Å². The fraction of sp³-hybridized carbons (Fsp3) is 0.200. The lowest BCUT2D eigenvalue weighted by molar-refractivity contribution is -0.384. The number of benzene rings is 3. The molecule has 3 aromatic carbocycles. The van der Waals surface area contributed by atoms with Gasteiger partial charge in [0.2, 0.25) is 0 Å². The smallest absolute Gasteiger partial charge is 0.415 e. The molecule has 6 rings (SSSR count). The maximum atomic E-state index is 13.3. The molecule has 12 nitrogen and oxygen atoms in total. The quantitative estimate of drug-likeness (QED) is 0.189. The summed E-state index contributed by atoms with van der Waals surface area (Å²) in [6, 6.07) is 20.5. The van der Waals surface area contributed by atoms with Crippen LogP contribution in [0.2, 0.25) is 0 Å². The summed E-state index contributed by atoms with van der Waals surface area (Å²) < 4.78 is 35.8. The SMILES string of the molecule is CS(=O)(=O)c1ccc(Oc2cc3c(cc2C2CCCN2C(=O)Oc2ccc([N+](=O)[O-])cc2)NC(c2ccccn2)N3)cc1. The summed E-state index contributed by atoms with van der Waals surface area (Å²) in [7, 11) is -3.37. The lowest BCUT2D eigenvalue weighted by atomic mass is 10.0. The Morgan fingerprint density at radius 2 is 1.70 bits per heavy atom. The van der Waals surface area contributed by atoms with Gasteiger partial charge in [0.25, 0.3) is 5.69 Å². The van der Waals surface area contributed by atoms with Crippen molar-refractivity contribution in [3.63, 3.8) is 0 Å². The molecule has 0 bridgehead atoms. The Bertz CT molecular complexity index is 1780. The lowest BCUT2D eigenvalue weighted by Crippen LogP contribution is -2.33. The monoisotopic (exact) mass is 601 g/mol. The van der Waals surface area contributed by atoms with E-state index in [0.717, 1.165) is 35.3 Å². The largest absolute Gasteiger partial charge is 0.457 e. The molecule has 2 aliphatic heterocycles. The predicted octanol–water partition coefficient (Wildman–Crippen LogP) is 6.06. The average Bonchev–Trinajstić information content (AvgIpc) is 3.65. The van der Waals surface area contributed by atoms with Gasteiger partial charge in [-0.05, 0) is 67.4 Å². The molecule has 0 spiro atoms. The molecule has 2 aliphatic rings. The molecule has 1 fully saturated rings. The Kier molecular flexibility index (Phi) is 7.32. The van der Waals surface area contributed by atoms with Crippen molar-refractivity contribution < 1.29 is 27.6 Å². The molecule has 2 N–H and O–H groups in total. The van der Waals surface area contributed by atoms with Crippen LogP contribution in [0.1, 0.15) is 36.3 Å². The zero-order valence-corrected chi connectivity index (χ0v) is 23.8. The molecular weight excluding hydrogens is 574 g/mol. The van der Waals surface area contributed by atoms with Crippen molar-refractivity contribution in [2.24, 2.45) is 0 Å². The van der Waals surface area contributed by atoms with Crippen LogP contribution in [0.25, 0.3) is 0 Å². The third kappa shape index (κ3) is 5.93. The van der Waals surface area contributed by atoms with Crippen LogP contribution in [0.4, 0.5) is 21.9 Å². The Morgan fingerprint density at radius 1 is 1.00 bits per heavy atom. The summed E-state index contributed by atoms with van der Waals surface area (Å²) in [6.07, 6.45) is 3.37. The summed E-state index contributed by atoms with van der Waals surface area (Å²) >= 11 is 0. The molecule has 0 radical (unpaired) electrons. The predicted molar refractivity (Wildman–Crippen MR) is 158 cm³/mol. The highest BCUT2D eigenvalue weighted by atomic mass is 32.2. The Labute approximate surface area is 247 Å². The zero-order valence-electron chi connectivity index (χ0n) is 23.0. The minimum Gasteiger partial charge on any atom is -0.457 e. The number of carbonyl (C=O) groups excluding carboxylic acids is 1. The summed E-state index contributed by atoms with van der Waals surface area (Å²) in [6.45, 7) is 0.443. The number of likely N-dealkylation sites (tertiary alicyclic amines) is 1. The second-order valence-corrected chi connectivity index (χ2v) is 12.2. The van der Waals surface area contributed by atoms with Gasteiger partial charge in [0.05, 0.1) is 32.9 Å². The Hall–Kier alpha value is -5.17. The molecule has 13 heteroatoms. The third-order valence-corrected chi connectivity index (χ3v) is 8.44. The fourth-order valence-corrected chi connectivity index (χ4v) is 5.84. The highest BCUT2D eigenvalue weighted by molar-refractivity contribution is 7.90. The number of nitrogens with zero attached hydrogens (tertiary/aromatic N) is 3. The molecule has 0 saturated carbocycles. The summed E-state index contributed by atoms with van der Waals surface area (Å²) in [5.74, 6) is 1.11. The standard InChI is InChI=1S/C30H27N5O7S/c1-43(39,40)22-13-11-20(12-14-22)41-28-18-26-25(32-29(33-26)24-5-2-3-15-31-24)17-23(28)27-6-4-16-34(27)30(36)42-21-9-7-19(8-10-21)35(37)38/h2-3,5,7-15,17-18,27,29,32-33H,4,6,16H2,1H3. The summed E-state index contributed by atoms with van der Waals surface area (Å²) in [5, 5.41) is 17.8. The van der Waals surface area contributed by atoms with Crippen molar-refractivity contribution in [1.82, 2.24) is 9.88 Å². The van der Waals surface area contributed by atoms with E-state index in [-0.39, 0.29) is 22.5 Å². The number of pyridine rings is 1. The van der Waals surface area contributed by atoms with E-state index in [1.807, 2.05) is 30.3 Å². The second kappa shape index (κ2) is 11.2. The van der Waals surface area contributed by atoms with Gasteiger partial charge in [0.15, 0.2) is 9.84 Å². The average molecular weight is 602 g/mol. The maximum Gasteiger partial charge on any atom is 0.415 e. The van der Waals surface area contributed by atoms with Gasteiger partial charge in [-0.25, -0.2) is 13.2 Å². The van der Waals surface area contributed by atoms with Gasteiger partial charge < -0.3 is 25.0 Å². The molecule has 1 amide bonds. The number of non-ortho nitro benzene ring substituents is 1. The van der Waals surface area contributed by atoms with Gasteiger partial charge in [-0.1, -0.05) is 6.07 Å². The topological polar surface area (TPSA) is 153 Å². The number of nitro benzene ring substituents is 1. The van der Waals surface area contributed by atoms with E-state index in [1.54, 1.807) is 23.2 Å². The molecular formula is C30H27N5O7S. The van der Waals surface area contributed by atoms with Crippen LogP contribution in [0.15, 0.2) is 90.0 Å². The van der Waals surface area contributed by atoms with Crippen LogP contribution in [0.3, 0.4) is 0 Å². The first-order chi connectivity index (χ1) is 20.7. The number of carbonyl (C=O) groups is 1. The highest BCUT2D eigenvalue weighted by Gasteiger charge is 2.35. The van der Waals surface area contributed by atoms with Gasteiger partial charge >= 0.3 is 6.09 Å².